The van der Waals surface area contributed by atoms with Crippen LogP contribution in [0, 0.1) is 6.92 Å². The highest BCUT2D eigenvalue weighted by Gasteiger charge is 2.28. The fourth-order valence-electron chi connectivity index (χ4n) is 2.67. The molecule has 122 valence electrons. The zero-order valence-electron chi connectivity index (χ0n) is 13.1. The van der Waals surface area contributed by atoms with Crippen LogP contribution in [0.4, 0.5) is 0 Å². The standard InChI is InChI=1S/C18H16N2O2S2/c1-11-4-5-12-8-16(24-15(12)7-11)17(21)19-9-13-10-22-18(20-13)14-3-2-6-23-14/h2-7,10,16H,8-9H2,1H3,(H,19,21)/t16-/m1/s1. The second-order valence-electron chi connectivity index (χ2n) is 5.76. The first-order valence-electron chi connectivity index (χ1n) is 7.71. The number of aromatic nitrogens is 1. The number of hydrogen-bond donors (Lipinski definition) is 1. The predicted molar refractivity (Wildman–Crippen MR) is 96.2 cm³/mol. The largest absolute Gasteiger partial charge is 0.443 e. The lowest BCUT2D eigenvalue weighted by molar-refractivity contribution is -0.120. The average Bonchev–Trinajstić information content (AvgIpc) is 3.30. The van der Waals surface area contributed by atoms with Crippen LogP contribution in [0.3, 0.4) is 0 Å². The third-order valence-corrected chi connectivity index (χ3v) is 6.07. The van der Waals surface area contributed by atoms with E-state index < -0.39 is 0 Å². The number of thioether (sulfide) groups is 1. The van der Waals surface area contributed by atoms with Crippen molar-refractivity contribution in [2.75, 3.05) is 0 Å². The van der Waals surface area contributed by atoms with Crippen LogP contribution < -0.4 is 5.32 Å². The molecule has 0 fully saturated rings. The second-order valence-corrected chi connectivity index (χ2v) is 7.95. The minimum atomic E-state index is -0.0644. The Morgan fingerprint density at radius 1 is 1.42 bits per heavy atom. The van der Waals surface area contributed by atoms with Crippen LogP contribution in [0.2, 0.25) is 0 Å². The molecule has 1 aliphatic rings. The summed E-state index contributed by atoms with van der Waals surface area (Å²) in [6.07, 6.45) is 2.39. The van der Waals surface area contributed by atoms with E-state index in [1.165, 1.54) is 16.0 Å². The SMILES string of the molecule is Cc1ccc2c(c1)S[C@@H](C(=O)NCc1coc(-c3cccs3)n1)C2. The summed E-state index contributed by atoms with van der Waals surface area (Å²) >= 11 is 3.22. The molecule has 24 heavy (non-hydrogen) atoms. The molecule has 3 heterocycles. The van der Waals surface area contributed by atoms with Gasteiger partial charge in [0.2, 0.25) is 11.8 Å². The first kappa shape index (κ1) is 15.5. The first-order chi connectivity index (χ1) is 11.7. The van der Waals surface area contributed by atoms with E-state index in [0.29, 0.717) is 12.4 Å². The molecule has 0 spiro atoms. The fraction of sp³-hybridized carbons (Fsp3) is 0.222. The predicted octanol–water partition coefficient (Wildman–Crippen LogP) is 4.04. The van der Waals surface area contributed by atoms with Crippen molar-refractivity contribution in [3.8, 4) is 10.8 Å². The Bertz CT molecular complexity index is 871. The van der Waals surface area contributed by atoms with E-state index in [2.05, 4.69) is 35.4 Å². The number of nitrogens with one attached hydrogen (secondary N) is 1. The van der Waals surface area contributed by atoms with Gasteiger partial charge in [-0.25, -0.2) is 4.98 Å². The quantitative estimate of drug-likeness (QED) is 0.766. The maximum atomic E-state index is 12.4. The molecule has 1 aromatic carbocycles. The van der Waals surface area contributed by atoms with Crippen molar-refractivity contribution in [2.45, 2.75) is 30.0 Å². The van der Waals surface area contributed by atoms with Crippen molar-refractivity contribution >= 4 is 29.0 Å². The van der Waals surface area contributed by atoms with Crippen LogP contribution in [0.15, 0.2) is 51.3 Å². The number of benzene rings is 1. The van der Waals surface area contributed by atoms with Gasteiger partial charge >= 0.3 is 0 Å². The molecule has 0 aliphatic carbocycles. The maximum Gasteiger partial charge on any atom is 0.236 e. The molecule has 0 saturated heterocycles. The summed E-state index contributed by atoms with van der Waals surface area (Å²) in [6.45, 7) is 2.46. The summed E-state index contributed by atoms with van der Waals surface area (Å²) in [5.74, 6) is 0.655. The Balaban J connectivity index is 1.36. The molecular weight excluding hydrogens is 340 g/mol. The minimum Gasteiger partial charge on any atom is -0.443 e. The third kappa shape index (κ3) is 3.12. The summed E-state index contributed by atoms with van der Waals surface area (Å²) in [6, 6.07) is 10.3. The lowest BCUT2D eigenvalue weighted by atomic mass is 10.1. The molecule has 2 aromatic heterocycles. The highest BCUT2D eigenvalue weighted by Crippen LogP contribution is 2.37. The van der Waals surface area contributed by atoms with Gasteiger partial charge in [-0.3, -0.25) is 4.79 Å². The summed E-state index contributed by atoms with van der Waals surface area (Å²) in [4.78, 5) is 19.1. The summed E-state index contributed by atoms with van der Waals surface area (Å²) in [7, 11) is 0. The van der Waals surface area contributed by atoms with E-state index in [1.54, 1.807) is 29.4 Å². The van der Waals surface area contributed by atoms with Crippen molar-refractivity contribution < 1.29 is 9.21 Å². The summed E-state index contributed by atoms with van der Waals surface area (Å²) in [5.41, 5.74) is 3.22. The van der Waals surface area contributed by atoms with E-state index >= 15 is 0 Å². The molecule has 0 unspecified atom stereocenters. The number of carbonyl (C=O) groups is 1. The Morgan fingerprint density at radius 2 is 2.33 bits per heavy atom. The number of carbonyl (C=O) groups excluding carboxylic acids is 1. The number of rotatable bonds is 4. The van der Waals surface area contributed by atoms with Gasteiger partial charge in [-0.15, -0.1) is 23.1 Å². The number of amides is 1. The molecule has 1 amide bonds. The molecule has 6 heteroatoms. The number of aryl methyl sites for hydroxylation is 1. The van der Waals surface area contributed by atoms with Gasteiger partial charge in [0, 0.05) is 4.90 Å². The minimum absolute atomic E-state index is 0.0505. The fourth-order valence-corrected chi connectivity index (χ4v) is 4.65. The second kappa shape index (κ2) is 6.45. The molecule has 1 aliphatic heterocycles. The van der Waals surface area contributed by atoms with E-state index in [4.69, 9.17) is 4.42 Å². The molecule has 4 nitrogen and oxygen atoms in total. The normalized spacial score (nSPS) is 16.1. The molecule has 4 rings (SSSR count). The average molecular weight is 356 g/mol. The van der Waals surface area contributed by atoms with Gasteiger partial charge in [0.15, 0.2) is 0 Å². The number of oxazole rings is 1. The Kier molecular flexibility index (Phi) is 4.16. The molecule has 0 bridgehead atoms. The highest BCUT2D eigenvalue weighted by atomic mass is 32.2. The van der Waals surface area contributed by atoms with Gasteiger partial charge in [-0.05, 0) is 36.4 Å². The summed E-state index contributed by atoms with van der Waals surface area (Å²) < 4.78 is 5.47. The number of hydrogen-bond acceptors (Lipinski definition) is 5. The number of fused-ring (bicyclic) bond motifs is 1. The van der Waals surface area contributed by atoms with Crippen LogP contribution in [0.25, 0.3) is 10.8 Å². The van der Waals surface area contributed by atoms with Gasteiger partial charge in [-0.2, -0.15) is 0 Å². The van der Waals surface area contributed by atoms with E-state index in [0.717, 1.165) is 17.0 Å². The molecule has 3 aromatic rings. The maximum absolute atomic E-state index is 12.4. The van der Waals surface area contributed by atoms with E-state index in [1.807, 2.05) is 17.5 Å². The lowest BCUT2D eigenvalue weighted by Crippen LogP contribution is -2.32. The van der Waals surface area contributed by atoms with Gasteiger partial charge < -0.3 is 9.73 Å². The van der Waals surface area contributed by atoms with E-state index in [-0.39, 0.29) is 11.2 Å². The third-order valence-electron chi connectivity index (χ3n) is 3.92. The van der Waals surface area contributed by atoms with Crippen molar-refractivity contribution in [2.24, 2.45) is 0 Å². The molecular formula is C18H16N2O2S2. The lowest BCUT2D eigenvalue weighted by Gasteiger charge is -2.08. The smallest absolute Gasteiger partial charge is 0.236 e. The monoisotopic (exact) mass is 356 g/mol. The molecule has 1 N–H and O–H groups in total. The Hall–Kier alpha value is -2.05. The van der Waals surface area contributed by atoms with E-state index in [9.17, 15) is 4.79 Å². The highest BCUT2D eigenvalue weighted by molar-refractivity contribution is 8.01. The van der Waals surface area contributed by atoms with Crippen LogP contribution in [-0.2, 0) is 17.8 Å². The van der Waals surface area contributed by atoms with Crippen LogP contribution in [-0.4, -0.2) is 16.1 Å². The number of thiophene rings is 1. The Morgan fingerprint density at radius 3 is 3.17 bits per heavy atom. The van der Waals surface area contributed by atoms with Crippen LogP contribution in [0.5, 0.6) is 0 Å². The zero-order valence-corrected chi connectivity index (χ0v) is 14.7. The van der Waals surface area contributed by atoms with Crippen LogP contribution in [0.1, 0.15) is 16.8 Å². The van der Waals surface area contributed by atoms with Crippen molar-refractivity contribution in [3.05, 3.63) is 58.8 Å². The van der Waals surface area contributed by atoms with Gasteiger partial charge in [0.25, 0.3) is 0 Å². The Labute approximate surface area is 148 Å². The first-order valence-corrected chi connectivity index (χ1v) is 9.47. The van der Waals surface area contributed by atoms with Crippen molar-refractivity contribution in [1.29, 1.82) is 0 Å². The van der Waals surface area contributed by atoms with Crippen molar-refractivity contribution in [1.82, 2.24) is 10.3 Å². The van der Waals surface area contributed by atoms with Crippen molar-refractivity contribution in [3.63, 3.8) is 0 Å². The molecule has 0 radical (unpaired) electrons. The van der Waals surface area contributed by atoms with Gasteiger partial charge in [0.1, 0.15) is 6.26 Å². The molecule has 0 saturated carbocycles. The topological polar surface area (TPSA) is 55.1 Å². The zero-order chi connectivity index (χ0) is 16.5. The van der Waals surface area contributed by atoms with Gasteiger partial charge in [-0.1, -0.05) is 23.8 Å². The molecule has 1 atom stereocenters. The number of nitrogens with zero attached hydrogens (tertiary/aromatic N) is 1. The van der Waals surface area contributed by atoms with Crippen LogP contribution >= 0.6 is 23.1 Å². The van der Waals surface area contributed by atoms with Gasteiger partial charge in [0.05, 0.1) is 22.4 Å². The summed E-state index contributed by atoms with van der Waals surface area (Å²) in [5, 5.41) is 4.89.